The number of hydrogen-bond donors (Lipinski definition) is 1. The van der Waals surface area contributed by atoms with Crippen LogP contribution < -0.4 is 5.32 Å². The molecule has 4 nitrogen and oxygen atoms in total. The smallest absolute Gasteiger partial charge is 0.237 e. The fraction of sp³-hybridized carbons (Fsp3) is 0.450. The molecule has 1 N–H and O–H groups in total. The fourth-order valence-corrected chi connectivity index (χ4v) is 4.00. The summed E-state index contributed by atoms with van der Waals surface area (Å²) in [6, 6.07) is 10.8. The molecule has 1 aliphatic rings. The Hall–Kier alpha value is -1.69. The van der Waals surface area contributed by atoms with Crippen molar-refractivity contribution >= 4 is 17.2 Å². The molecular formula is C20H26N2O2S. The number of ether oxygens (including phenoxy) is 1. The number of carbonyl (C=O) groups is 1. The Kier molecular flexibility index (Phi) is 6.62. The standard InChI is InChI=1S/C20H26N2O2S/c1-24-12-10-21-20(23)19-4-2-3-11-22(19)14-16-5-7-17(8-6-16)18-9-13-25-15-18/h5-9,13,15,19H,2-4,10-12,14H2,1H3,(H,21,23). The lowest BCUT2D eigenvalue weighted by atomic mass is 9.99. The topological polar surface area (TPSA) is 41.6 Å². The molecule has 0 radical (unpaired) electrons. The quantitative estimate of drug-likeness (QED) is 0.770. The maximum absolute atomic E-state index is 12.5. The summed E-state index contributed by atoms with van der Waals surface area (Å²) in [6.07, 6.45) is 3.22. The van der Waals surface area contributed by atoms with Crippen LogP contribution in [0.4, 0.5) is 0 Å². The molecule has 1 unspecified atom stereocenters. The fourth-order valence-electron chi connectivity index (χ4n) is 3.34. The molecule has 0 aliphatic carbocycles. The summed E-state index contributed by atoms with van der Waals surface area (Å²) in [4.78, 5) is 14.8. The summed E-state index contributed by atoms with van der Waals surface area (Å²) < 4.78 is 5.02. The number of piperidine rings is 1. The summed E-state index contributed by atoms with van der Waals surface area (Å²) in [7, 11) is 1.65. The maximum Gasteiger partial charge on any atom is 0.237 e. The second kappa shape index (κ2) is 9.13. The van der Waals surface area contributed by atoms with Crippen molar-refractivity contribution in [3.05, 3.63) is 46.7 Å². The van der Waals surface area contributed by atoms with Gasteiger partial charge < -0.3 is 10.1 Å². The minimum absolute atomic E-state index is 0.0258. The molecule has 25 heavy (non-hydrogen) atoms. The van der Waals surface area contributed by atoms with E-state index in [2.05, 4.69) is 51.3 Å². The van der Waals surface area contributed by atoms with Gasteiger partial charge in [-0.3, -0.25) is 9.69 Å². The van der Waals surface area contributed by atoms with E-state index in [1.54, 1.807) is 18.4 Å². The van der Waals surface area contributed by atoms with Crippen LogP contribution in [0.15, 0.2) is 41.1 Å². The third kappa shape index (κ3) is 4.91. The van der Waals surface area contributed by atoms with E-state index in [0.717, 1.165) is 32.4 Å². The molecule has 3 rings (SSSR count). The molecule has 1 aromatic carbocycles. The van der Waals surface area contributed by atoms with E-state index in [4.69, 9.17) is 4.74 Å². The van der Waals surface area contributed by atoms with Crippen molar-refractivity contribution in [1.82, 2.24) is 10.2 Å². The van der Waals surface area contributed by atoms with Crippen molar-refractivity contribution in [2.24, 2.45) is 0 Å². The van der Waals surface area contributed by atoms with Gasteiger partial charge in [0.1, 0.15) is 0 Å². The first-order valence-electron chi connectivity index (χ1n) is 8.90. The molecule has 1 atom stereocenters. The van der Waals surface area contributed by atoms with Crippen molar-refractivity contribution in [2.75, 3.05) is 26.8 Å². The monoisotopic (exact) mass is 358 g/mol. The van der Waals surface area contributed by atoms with Gasteiger partial charge in [-0.1, -0.05) is 30.7 Å². The van der Waals surface area contributed by atoms with E-state index in [1.807, 2.05) is 0 Å². The van der Waals surface area contributed by atoms with E-state index in [1.165, 1.54) is 16.7 Å². The maximum atomic E-state index is 12.5. The van der Waals surface area contributed by atoms with Gasteiger partial charge in [-0.05, 0) is 52.9 Å². The van der Waals surface area contributed by atoms with Crippen molar-refractivity contribution in [3.8, 4) is 11.1 Å². The molecule has 0 bridgehead atoms. The number of rotatable bonds is 7. The Bertz CT molecular complexity index is 655. The minimum Gasteiger partial charge on any atom is -0.383 e. The highest BCUT2D eigenvalue weighted by molar-refractivity contribution is 7.08. The Labute approximate surface area is 153 Å². The van der Waals surface area contributed by atoms with Crippen molar-refractivity contribution in [1.29, 1.82) is 0 Å². The predicted molar refractivity (Wildman–Crippen MR) is 103 cm³/mol. The lowest BCUT2D eigenvalue weighted by molar-refractivity contribution is -0.128. The Morgan fingerprint density at radius 1 is 1.24 bits per heavy atom. The van der Waals surface area contributed by atoms with Crippen LogP contribution >= 0.6 is 11.3 Å². The summed E-state index contributed by atoms with van der Waals surface area (Å²) in [5.74, 6) is 0.131. The highest BCUT2D eigenvalue weighted by Gasteiger charge is 2.28. The summed E-state index contributed by atoms with van der Waals surface area (Å²) >= 11 is 1.72. The third-order valence-electron chi connectivity index (χ3n) is 4.72. The van der Waals surface area contributed by atoms with Crippen molar-refractivity contribution < 1.29 is 9.53 Å². The number of nitrogens with zero attached hydrogens (tertiary/aromatic N) is 1. The number of hydrogen-bond acceptors (Lipinski definition) is 4. The van der Waals surface area contributed by atoms with Gasteiger partial charge in [-0.2, -0.15) is 11.3 Å². The van der Waals surface area contributed by atoms with Gasteiger partial charge in [-0.15, -0.1) is 0 Å². The van der Waals surface area contributed by atoms with E-state index < -0.39 is 0 Å². The lowest BCUT2D eigenvalue weighted by Gasteiger charge is -2.34. The molecule has 134 valence electrons. The number of methoxy groups -OCH3 is 1. The van der Waals surface area contributed by atoms with E-state index in [0.29, 0.717) is 13.2 Å². The van der Waals surface area contributed by atoms with Crippen LogP contribution in [0.25, 0.3) is 11.1 Å². The van der Waals surface area contributed by atoms with Gasteiger partial charge >= 0.3 is 0 Å². The second-order valence-corrected chi connectivity index (χ2v) is 7.25. The average Bonchev–Trinajstić information content (AvgIpc) is 3.18. The number of amides is 1. The van der Waals surface area contributed by atoms with Gasteiger partial charge in [0.15, 0.2) is 0 Å². The van der Waals surface area contributed by atoms with Crippen LogP contribution in [0, 0.1) is 0 Å². The zero-order chi connectivity index (χ0) is 17.5. The van der Waals surface area contributed by atoms with Crippen LogP contribution in [0.5, 0.6) is 0 Å². The minimum atomic E-state index is -0.0258. The third-order valence-corrected chi connectivity index (χ3v) is 5.40. The Morgan fingerprint density at radius 3 is 2.80 bits per heavy atom. The Morgan fingerprint density at radius 2 is 2.08 bits per heavy atom. The van der Waals surface area contributed by atoms with Crippen LogP contribution in [-0.4, -0.2) is 43.7 Å². The number of carbonyl (C=O) groups excluding carboxylic acids is 1. The van der Waals surface area contributed by atoms with Gasteiger partial charge in [0.05, 0.1) is 12.6 Å². The van der Waals surface area contributed by atoms with Gasteiger partial charge in [0, 0.05) is 20.2 Å². The van der Waals surface area contributed by atoms with Gasteiger partial charge in [0.25, 0.3) is 0 Å². The molecule has 1 aromatic heterocycles. The van der Waals surface area contributed by atoms with Crippen molar-refractivity contribution in [2.45, 2.75) is 31.8 Å². The first-order chi connectivity index (χ1) is 12.3. The van der Waals surface area contributed by atoms with Crippen LogP contribution in [0.1, 0.15) is 24.8 Å². The molecule has 5 heteroatoms. The summed E-state index contributed by atoms with van der Waals surface area (Å²) in [6.45, 7) is 2.94. The van der Waals surface area contributed by atoms with Crippen LogP contribution in [0.3, 0.4) is 0 Å². The Balaban J connectivity index is 1.62. The van der Waals surface area contributed by atoms with Gasteiger partial charge in [-0.25, -0.2) is 0 Å². The number of thiophene rings is 1. The van der Waals surface area contributed by atoms with Crippen molar-refractivity contribution in [3.63, 3.8) is 0 Å². The molecule has 1 saturated heterocycles. The highest BCUT2D eigenvalue weighted by Crippen LogP contribution is 2.24. The van der Waals surface area contributed by atoms with Crippen LogP contribution in [0.2, 0.25) is 0 Å². The predicted octanol–water partition coefficient (Wildman–Crippen LogP) is 3.53. The molecular weight excluding hydrogens is 332 g/mol. The highest BCUT2D eigenvalue weighted by atomic mass is 32.1. The normalized spacial score (nSPS) is 18.2. The average molecular weight is 359 g/mol. The largest absolute Gasteiger partial charge is 0.383 e. The first-order valence-corrected chi connectivity index (χ1v) is 9.84. The first kappa shape index (κ1) is 18.1. The van der Waals surface area contributed by atoms with Gasteiger partial charge in [0.2, 0.25) is 5.91 Å². The molecule has 0 saturated carbocycles. The molecule has 2 aromatic rings. The SMILES string of the molecule is COCCNC(=O)C1CCCCN1Cc1ccc(-c2ccsc2)cc1. The van der Waals surface area contributed by atoms with E-state index >= 15 is 0 Å². The van der Waals surface area contributed by atoms with Crippen LogP contribution in [-0.2, 0) is 16.1 Å². The molecule has 1 fully saturated rings. The van der Waals surface area contributed by atoms with E-state index in [-0.39, 0.29) is 11.9 Å². The molecule has 2 heterocycles. The molecule has 1 aliphatic heterocycles. The molecule has 1 amide bonds. The zero-order valence-corrected chi connectivity index (χ0v) is 15.6. The number of benzene rings is 1. The number of likely N-dealkylation sites (tertiary alicyclic amines) is 1. The summed E-state index contributed by atoms with van der Waals surface area (Å²) in [5.41, 5.74) is 3.78. The number of nitrogens with one attached hydrogen (secondary N) is 1. The molecule has 0 spiro atoms. The summed E-state index contributed by atoms with van der Waals surface area (Å²) in [5, 5.41) is 7.26. The van der Waals surface area contributed by atoms with E-state index in [9.17, 15) is 4.79 Å². The second-order valence-electron chi connectivity index (χ2n) is 6.47. The lowest BCUT2D eigenvalue weighted by Crippen LogP contribution is -2.49. The zero-order valence-electron chi connectivity index (χ0n) is 14.7.